The van der Waals surface area contributed by atoms with Crippen molar-refractivity contribution in [2.24, 2.45) is 0 Å². The molecule has 142 valence electrons. The lowest BCUT2D eigenvalue weighted by Crippen LogP contribution is -2.46. The molecule has 2 aromatic carbocycles. The molecule has 2 N–H and O–H groups in total. The van der Waals surface area contributed by atoms with E-state index in [0.29, 0.717) is 18.5 Å². The summed E-state index contributed by atoms with van der Waals surface area (Å²) >= 11 is 0. The van der Waals surface area contributed by atoms with Crippen LogP contribution in [0.3, 0.4) is 0 Å². The summed E-state index contributed by atoms with van der Waals surface area (Å²) in [5.74, 6) is -0.0284. The zero-order chi connectivity index (χ0) is 18.6. The summed E-state index contributed by atoms with van der Waals surface area (Å²) in [5.41, 5.74) is 3.37. The number of nitrogens with zero attached hydrogens (tertiary/aromatic N) is 1. The highest BCUT2D eigenvalue weighted by atomic mass is 19.1. The van der Waals surface area contributed by atoms with E-state index >= 15 is 0 Å². The first-order valence-electron chi connectivity index (χ1n) is 9.81. The van der Waals surface area contributed by atoms with Crippen molar-refractivity contribution in [3.8, 4) is 11.1 Å². The van der Waals surface area contributed by atoms with Crippen molar-refractivity contribution in [2.45, 2.75) is 37.8 Å². The van der Waals surface area contributed by atoms with Gasteiger partial charge in [-0.2, -0.15) is 0 Å². The number of carbonyl (C=O) groups excluding carboxylic acids is 1. The van der Waals surface area contributed by atoms with Gasteiger partial charge in [-0.25, -0.2) is 4.39 Å². The Hall–Kier alpha value is -2.40. The zero-order valence-corrected chi connectivity index (χ0v) is 15.5. The van der Waals surface area contributed by atoms with Crippen LogP contribution in [0.25, 0.3) is 11.1 Å². The summed E-state index contributed by atoms with van der Waals surface area (Å²) in [7, 11) is 0. The van der Waals surface area contributed by atoms with Crippen LogP contribution in [0.15, 0.2) is 48.5 Å². The number of halogens is 1. The highest BCUT2D eigenvalue weighted by Crippen LogP contribution is 2.27. The number of amides is 1. The van der Waals surface area contributed by atoms with E-state index in [1.807, 2.05) is 12.1 Å². The maximum absolute atomic E-state index is 13.2. The lowest BCUT2D eigenvalue weighted by molar-refractivity contribution is -0.119. The van der Waals surface area contributed by atoms with Crippen molar-refractivity contribution in [3.63, 3.8) is 0 Å². The molecule has 0 unspecified atom stereocenters. The third-order valence-corrected chi connectivity index (χ3v) is 5.62. The monoisotopic (exact) mass is 367 g/mol. The van der Waals surface area contributed by atoms with E-state index in [0.717, 1.165) is 50.0 Å². The third kappa shape index (κ3) is 4.48. The number of rotatable bonds is 5. The highest BCUT2D eigenvalue weighted by Gasteiger charge is 2.23. The van der Waals surface area contributed by atoms with Gasteiger partial charge in [-0.1, -0.05) is 24.3 Å². The van der Waals surface area contributed by atoms with E-state index in [1.54, 1.807) is 0 Å². The number of carbonyl (C=O) groups is 1. The van der Waals surface area contributed by atoms with Crippen molar-refractivity contribution >= 4 is 11.6 Å². The molecule has 2 aliphatic rings. The molecule has 1 amide bonds. The Kier molecular flexibility index (Phi) is 5.39. The van der Waals surface area contributed by atoms with Crippen LogP contribution < -0.4 is 15.5 Å². The number of anilines is 1. The Morgan fingerprint density at radius 3 is 2.52 bits per heavy atom. The Bertz CT molecular complexity index is 784. The molecule has 1 atom stereocenters. The molecule has 4 nitrogen and oxygen atoms in total. The van der Waals surface area contributed by atoms with Crippen LogP contribution in [-0.4, -0.2) is 37.6 Å². The molecule has 27 heavy (non-hydrogen) atoms. The molecule has 0 bridgehead atoms. The molecule has 0 spiro atoms. The van der Waals surface area contributed by atoms with Gasteiger partial charge in [0, 0.05) is 43.8 Å². The maximum Gasteiger partial charge on any atom is 0.220 e. The molecule has 2 heterocycles. The van der Waals surface area contributed by atoms with E-state index < -0.39 is 0 Å². The smallest absolute Gasteiger partial charge is 0.220 e. The molecule has 2 aliphatic heterocycles. The molecule has 0 saturated carbocycles. The lowest BCUT2D eigenvalue weighted by Gasteiger charge is -2.34. The van der Waals surface area contributed by atoms with Crippen molar-refractivity contribution in [1.82, 2.24) is 10.6 Å². The van der Waals surface area contributed by atoms with Crippen LogP contribution in [-0.2, 0) is 4.79 Å². The van der Waals surface area contributed by atoms with Crippen LogP contribution in [0.4, 0.5) is 10.1 Å². The molecule has 0 aliphatic carbocycles. The summed E-state index contributed by atoms with van der Waals surface area (Å²) in [4.78, 5) is 13.7. The quantitative estimate of drug-likeness (QED) is 0.852. The summed E-state index contributed by atoms with van der Waals surface area (Å²) in [6, 6.07) is 15.9. The van der Waals surface area contributed by atoms with Gasteiger partial charge in [0.25, 0.3) is 0 Å². The number of benzene rings is 2. The minimum absolute atomic E-state index is 0.178. The first-order valence-corrected chi connectivity index (χ1v) is 9.81. The van der Waals surface area contributed by atoms with Crippen LogP contribution in [0.2, 0.25) is 0 Å². The first-order chi connectivity index (χ1) is 13.2. The van der Waals surface area contributed by atoms with Crippen molar-refractivity contribution in [1.29, 1.82) is 0 Å². The van der Waals surface area contributed by atoms with Gasteiger partial charge in [0.2, 0.25) is 5.91 Å². The van der Waals surface area contributed by atoms with Gasteiger partial charge in [0.1, 0.15) is 5.82 Å². The van der Waals surface area contributed by atoms with Crippen molar-refractivity contribution < 1.29 is 9.18 Å². The fourth-order valence-electron chi connectivity index (χ4n) is 4.01. The first kappa shape index (κ1) is 18.0. The Morgan fingerprint density at radius 1 is 1.04 bits per heavy atom. The Balaban J connectivity index is 1.32. The summed E-state index contributed by atoms with van der Waals surface area (Å²) in [5, 5.41) is 6.64. The van der Waals surface area contributed by atoms with Crippen LogP contribution >= 0.6 is 0 Å². The number of nitrogens with one attached hydrogen (secondary N) is 2. The van der Waals surface area contributed by atoms with Crippen LogP contribution in [0.5, 0.6) is 0 Å². The van der Waals surface area contributed by atoms with Gasteiger partial charge in [0.05, 0.1) is 0 Å². The van der Waals surface area contributed by atoms with Gasteiger partial charge < -0.3 is 15.5 Å². The zero-order valence-electron chi connectivity index (χ0n) is 15.5. The largest absolute Gasteiger partial charge is 0.371 e. The predicted octanol–water partition coefficient (Wildman–Crippen LogP) is 3.33. The second-order valence-electron chi connectivity index (χ2n) is 7.53. The van der Waals surface area contributed by atoms with Crippen molar-refractivity contribution in [3.05, 3.63) is 54.3 Å². The van der Waals surface area contributed by atoms with Gasteiger partial charge in [-0.15, -0.1) is 0 Å². The molecule has 2 fully saturated rings. The maximum atomic E-state index is 13.2. The minimum atomic E-state index is -0.207. The van der Waals surface area contributed by atoms with E-state index in [2.05, 4.69) is 39.8 Å². The van der Waals surface area contributed by atoms with Gasteiger partial charge >= 0.3 is 0 Å². The molecular weight excluding hydrogens is 341 g/mol. The molecule has 0 aromatic heterocycles. The molecular formula is C22H26FN3O. The summed E-state index contributed by atoms with van der Waals surface area (Å²) in [6.45, 7) is 2.90. The summed E-state index contributed by atoms with van der Waals surface area (Å²) < 4.78 is 13.2. The average Bonchev–Trinajstić information content (AvgIpc) is 3.13. The van der Waals surface area contributed by atoms with E-state index in [9.17, 15) is 9.18 Å². The third-order valence-electron chi connectivity index (χ3n) is 5.62. The van der Waals surface area contributed by atoms with Crippen LogP contribution in [0.1, 0.15) is 25.7 Å². The number of piperidine rings is 1. The van der Waals surface area contributed by atoms with Crippen LogP contribution in [0, 0.1) is 5.82 Å². The lowest BCUT2D eigenvalue weighted by atomic mass is 10.0. The Labute approximate surface area is 159 Å². The predicted molar refractivity (Wildman–Crippen MR) is 106 cm³/mol. The Morgan fingerprint density at radius 2 is 1.81 bits per heavy atom. The second kappa shape index (κ2) is 8.09. The van der Waals surface area contributed by atoms with Crippen molar-refractivity contribution in [2.75, 3.05) is 24.5 Å². The van der Waals surface area contributed by atoms with E-state index in [4.69, 9.17) is 0 Å². The number of hydrogen-bond donors (Lipinski definition) is 2. The average molecular weight is 367 g/mol. The SMILES string of the molecule is O=C1CC[C@H](CNC2CCN(c3cccc(-c4ccc(F)cc4)c3)CC2)N1. The van der Waals surface area contributed by atoms with E-state index in [-0.39, 0.29) is 11.7 Å². The fraction of sp³-hybridized carbons (Fsp3) is 0.409. The fourth-order valence-corrected chi connectivity index (χ4v) is 4.01. The topological polar surface area (TPSA) is 44.4 Å². The summed E-state index contributed by atoms with van der Waals surface area (Å²) in [6.07, 6.45) is 3.80. The second-order valence-corrected chi connectivity index (χ2v) is 7.53. The highest BCUT2D eigenvalue weighted by molar-refractivity contribution is 5.78. The van der Waals surface area contributed by atoms with Gasteiger partial charge in [-0.05, 0) is 54.7 Å². The molecule has 0 radical (unpaired) electrons. The molecule has 2 aromatic rings. The molecule has 4 rings (SSSR count). The molecule has 5 heteroatoms. The van der Waals surface area contributed by atoms with E-state index in [1.165, 1.54) is 17.8 Å². The standard InChI is InChI=1S/C22H26FN3O/c23-18-6-4-16(5-7-18)17-2-1-3-21(14-17)26-12-10-19(11-13-26)24-15-20-8-9-22(27)25-20/h1-7,14,19-20,24H,8-13,15H2,(H,25,27)/t20-/m1/s1. The minimum Gasteiger partial charge on any atom is -0.371 e. The number of hydrogen-bond acceptors (Lipinski definition) is 3. The normalized spacial score (nSPS) is 20.7. The molecule has 2 saturated heterocycles. The van der Waals surface area contributed by atoms with Gasteiger partial charge in [-0.3, -0.25) is 4.79 Å². The van der Waals surface area contributed by atoms with Gasteiger partial charge in [0.15, 0.2) is 0 Å².